The Labute approximate surface area is 153 Å². The average Bonchev–Trinajstić information content (AvgIpc) is 3.10. The largest absolute Gasteiger partial charge is 0.361 e. The fraction of sp³-hybridized carbons (Fsp3) is 0.0870. The van der Waals surface area contributed by atoms with Gasteiger partial charge in [-0.15, -0.1) is 0 Å². The first-order valence-corrected chi connectivity index (χ1v) is 8.72. The van der Waals surface area contributed by atoms with Crippen LogP contribution in [-0.2, 0) is 0 Å². The van der Waals surface area contributed by atoms with Crippen molar-refractivity contribution in [3.05, 3.63) is 102 Å². The molecule has 0 aliphatic rings. The number of hydrogen-bond donors (Lipinski definition) is 2. The summed E-state index contributed by atoms with van der Waals surface area (Å²) < 4.78 is 0. The fourth-order valence-electron chi connectivity index (χ4n) is 3.27. The standard InChI is InChI=1S/C23H21N3/c1-16-12-13-24-22(14-16)26-23(18-8-4-3-5-9-18)17(2)20-15-25-21-11-7-6-10-19(20)21/h3-15,23,25H,2H2,1H3,(H,24,26). The van der Waals surface area contributed by atoms with Crippen molar-refractivity contribution in [3.8, 4) is 0 Å². The van der Waals surface area contributed by atoms with Crippen molar-refractivity contribution in [2.45, 2.75) is 13.0 Å². The maximum Gasteiger partial charge on any atom is 0.126 e. The molecular weight excluding hydrogens is 318 g/mol. The number of rotatable bonds is 5. The Hall–Kier alpha value is -3.33. The predicted molar refractivity (Wildman–Crippen MR) is 109 cm³/mol. The second-order valence-electron chi connectivity index (χ2n) is 6.48. The molecule has 1 atom stereocenters. The zero-order valence-electron chi connectivity index (χ0n) is 14.7. The van der Waals surface area contributed by atoms with Gasteiger partial charge in [0, 0.05) is 28.9 Å². The molecule has 0 aliphatic carbocycles. The summed E-state index contributed by atoms with van der Waals surface area (Å²) in [5.41, 5.74) is 5.58. The van der Waals surface area contributed by atoms with Crippen LogP contribution < -0.4 is 5.32 Å². The quantitative estimate of drug-likeness (QED) is 0.487. The van der Waals surface area contributed by atoms with Crippen LogP contribution in [0.4, 0.5) is 5.82 Å². The SMILES string of the molecule is C=C(c1c[nH]c2ccccc12)C(Nc1cc(C)ccn1)c1ccccc1. The third-order valence-electron chi connectivity index (χ3n) is 4.62. The fourth-order valence-corrected chi connectivity index (χ4v) is 3.27. The van der Waals surface area contributed by atoms with E-state index in [1.807, 2.05) is 30.6 Å². The molecule has 128 valence electrons. The summed E-state index contributed by atoms with van der Waals surface area (Å²) in [6.45, 7) is 6.50. The minimum atomic E-state index is -0.0651. The van der Waals surface area contributed by atoms with Gasteiger partial charge in [-0.1, -0.05) is 55.1 Å². The Balaban J connectivity index is 1.76. The van der Waals surface area contributed by atoms with Crippen molar-refractivity contribution in [1.29, 1.82) is 0 Å². The van der Waals surface area contributed by atoms with E-state index in [9.17, 15) is 0 Å². The summed E-state index contributed by atoms with van der Waals surface area (Å²) in [5.74, 6) is 0.847. The van der Waals surface area contributed by atoms with Gasteiger partial charge in [0.25, 0.3) is 0 Å². The van der Waals surface area contributed by atoms with Gasteiger partial charge in [-0.2, -0.15) is 0 Å². The van der Waals surface area contributed by atoms with Crippen molar-refractivity contribution in [3.63, 3.8) is 0 Å². The molecule has 1 unspecified atom stereocenters. The van der Waals surface area contributed by atoms with E-state index in [0.29, 0.717) is 0 Å². The monoisotopic (exact) mass is 339 g/mol. The highest BCUT2D eigenvalue weighted by Crippen LogP contribution is 2.35. The molecule has 2 aromatic heterocycles. The van der Waals surface area contributed by atoms with E-state index in [1.54, 1.807) is 0 Å². The first kappa shape index (κ1) is 16.2. The van der Waals surface area contributed by atoms with E-state index in [1.165, 1.54) is 10.9 Å². The molecule has 2 aromatic carbocycles. The summed E-state index contributed by atoms with van der Waals surface area (Å²) in [5, 5.41) is 4.74. The molecule has 26 heavy (non-hydrogen) atoms. The highest BCUT2D eigenvalue weighted by atomic mass is 15.0. The zero-order valence-corrected chi connectivity index (χ0v) is 14.7. The molecule has 3 nitrogen and oxygen atoms in total. The van der Waals surface area contributed by atoms with Crippen molar-refractivity contribution in [2.75, 3.05) is 5.32 Å². The van der Waals surface area contributed by atoms with Crippen molar-refractivity contribution in [1.82, 2.24) is 9.97 Å². The molecule has 0 saturated carbocycles. The number of aryl methyl sites for hydroxylation is 1. The van der Waals surface area contributed by atoms with Gasteiger partial charge >= 0.3 is 0 Å². The van der Waals surface area contributed by atoms with Crippen LogP contribution in [0.15, 0.2) is 85.7 Å². The highest BCUT2D eigenvalue weighted by molar-refractivity contribution is 5.93. The summed E-state index contributed by atoms with van der Waals surface area (Å²) in [4.78, 5) is 7.82. The highest BCUT2D eigenvalue weighted by Gasteiger charge is 2.19. The summed E-state index contributed by atoms with van der Waals surface area (Å²) >= 11 is 0. The van der Waals surface area contributed by atoms with E-state index in [2.05, 4.69) is 77.3 Å². The lowest BCUT2D eigenvalue weighted by molar-refractivity contribution is 0.989. The topological polar surface area (TPSA) is 40.7 Å². The van der Waals surface area contributed by atoms with Gasteiger partial charge in [0.15, 0.2) is 0 Å². The van der Waals surface area contributed by atoms with Gasteiger partial charge in [-0.3, -0.25) is 0 Å². The normalized spacial score (nSPS) is 12.0. The Morgan fingerprint density at radius 3 is 2.62 bits per heavy atom. The number of pyridine rings is 1. The van der Waals surface area contributed by atoms with Gasteiger partial charge in [0.2, 0.25) is 0 Å². The average molecular weight is 339 g/mol. The molecule has 2 heterocycles. The molecule has 4 aromatic rings. The molecule has 0 fully saturated rings. The van der Waals surface area contributed by atoms with Crippen LogP contribution in [0, 0.1) is 6.92 Å². The van der Waals surface area contributed by atoms with Gasteiger partial charge < -0.3 is 10.3 Å². The van der Waals surface area contributed by atoms with Crippen LogP contribution in [-0.4, -0.2) is 9.97 Å². The van der Waals surface area contributed by atoms with Gasteiger partial charge in [0.05, 0.1) is 6.04 Å². The Bertz CT molecular complexity index is 1050. The van der Waals surface area contributed by atoms with Gasteiger partial charge in [-0.05, 0) is 41.8 Å². The minimum absolute atomic E-state index is 0.0651. The lowest BCUT2D eigenvalue weighted by Crippen LogP contribution is -2.13. The van der Waals surface area contributed by atoms with Crippen molar-refractivity contribution >= 4 is 22.3 Å². The first-order valence-electron chi connectivity index (χ1n) is 8.72. The predicted octanol–water partition coefficient (Wildman–Crippen LogP) is 5.74. The number of aromatic nitrogens is 2. The minimum Gasteiger partial charge on any atom is -0.361 e. The molecule has 0 aliphatic heterocycles. The maximum absolute atomic E-state index is 4.47. The van der Waals surface area contributed by atoms with Crippen LogP contribution in [0.3, 0.4) is 0 Å². The number of benzene rings is 2. The lowest BCUT2D eigenvalue weighted by Gasteiger charge is -2.22. The number of H-pyrrole nitrogens is 1. The van der Waals surface area contributed by atoms with E-state index in [4.69, 9.17) is 0 Å². The summed E-state index contributed by atoms with van der Waals surface area (Å²) in [6.07, 6.45) is 3.86. The molecule has 0 saturated heterocycles. The number of para-hydroxylation sites is 1. The Morgan fingerprint density at radius 1 is 1.04 bits per heavy atom. The number of aromatic amines is 1. The van der Waals surface area contributed by atoms with Gasteiger partial charge in [0.1, 0.15) is 5.82 Å². The van der Waals surface area contributed by atoms with E-state index < -0.39 is 0 Å². The zero-order chi connectivity index (χ0) is 17.9. The third-order valence-corrected chi connectivity index (χ3v) is 4.62. The molecule has 0 bridgehead atoms. The van der Waals surface area contributed by atoms with Crippen LogP contribution in [0.5, 0.6) is 0 Å². The molecule has 3 heteroatoms. The number of nitrogens with zero attached hydrogens (tertiary/aromatic N) is 1. The van der Waals surface area contributed by atoms with Crippen molar-refractivity contribution < 1.29 is 0 Å². The van der Waals surface area contributed by atoms with Crippen LogP contribution in [0.1, 0.15) is 22.7 Å². The molecule has 0 spiro atoms. The van der Waals surface area contributed by atoms with Gasteiger partial charge in [-0.25, -0.2) is 4.98 Å². The molecular formula is C23H21N3. The van der Waals surface area contributed by atoms with Crippen LogP contribution in [0.2, 0.25) is 0 Å². The molecule has 0 radical (unpaired) electrons. The van der Waals surface area contributed by atoms with E-state index in [-0.39, 0.29) is 6.04 Å². The maximum atomic E-state index is 4.47. The van der Waals surface area contributed by atoms with E-state index >= 15 is 0 Å². The third kappa shape index (κ3) is 3.11. The van der Waals surface area contributed by atoms with Crippen LogP contribution in [0.25, 0.3) is 16.5 Å². The number of fused-ring (bicyclic) bond motifs is 1. The molecule has 0 amide bonds. The second kappa shape index (κ2) is 6.89. The van der Waals surface area contributed by atoms with E-state index in [0.717, 1.165) is 28.0 Å². The number of nitrogens with one attached hydrogen (secondary N) is 2. The Morgan fingerprint density at radius 2 is 1.81 bits per heavy atom. The number of hydrogen-bond acceptors (Lipinski definition) is 2. The number of anilines is 1. The first-order chi connectivity index (χ1) is 12.7. The van der Waals surface area contributed by atoms with Crippen molar-refractivity contribution in [2.24, 2.45) is 0 Å². The summed E-state index contributed by atoms with van der Waals surface area (Å²) in [7, 11) is 0. The van der Waals surface area contributed by atoms with Crippen LogP contribution >= 0.6 is 0 Å². The summed E-state index contributed by atoms with van der Waals surface area (Å²) in [6, 6.07) is 22.7. The smallest absolute Gasteiger partial charge is 0.126 e. The second-order valence-corrected chi connectivity index (χ2v) is 6.48. The molecule has 4 rings (SSSR count). The lowest BCUT2D eigenvalue weighted by atomic mass is 9.93. The Kier molecular flexibility index (Phi) is 4.28. The molecule has 2 N–H and O–H groups in total.